The quantitative estimate of drug-likeness (QED) is 0.252. The molecule has 0 bridgehead atoms. The first-order chi connectivity index (χ1) is 19.7. The molecule has 0 aliphatic carbocycles. The minimum atomic E-state index is -0.600. The van der Waals surface area contributed by atoms with E-state index in [1.54, 1.807) is 24.3 Å². The number of methoxy groups -OCH3 is 2. The van der Waals surface area contributed by atoms with Gasteiger partial charge in [0.15, 0.2) is 0 Å². The van der Waals surface area contributed by atoms with E-state index in [2.05, 4.69) is 14.8 Å². The Morgan fingerprint density at radius 1 is 0.707 bits per heavy atom. The number of halogens is 2. The van der Waals surface area contributed by atoms with E-state index >= 15 is 0 Å². The Balaban J connectivity index is 0.000000228. The molecule has 4 aromatic carbocycles. The molecular formula is C32H30F2N2O5. The molecule has 7 nitrogen and oxygen atoms in total. The minimum absolute atomic E-state index is 0.0899. The topological polar surface area (TPSA) is 84.9 Å². The number of carbonyl (C=O) groups is 3. The van der Waals surface area contributed by atoms with Gasteiger partial charge in [-0.3, -0.25) is 4.79 Å². The van der Waals surface area contributed by atoms with E-state index in [0.717, 1.165) is 11.8 Å². The van der Waals surface area contributed by atoms with Gasteiger partial charge in [0.25, 0.3) is 0 Å². The smallest absolute Gasteiger partial charge is 0.337 e. The van der Waals surface area contributed by atoms with Crippen molar-refractivity contribution < 1.29 is 32.6 Å². The zero-order valence-electron chi connectivity index (χ0n) is 22.9. The SMILES string of the molecule is COC(=O)c1ccc(CN(C(C)=O)c2ccccc2)c(F)c1.COC(=O)c1ccc(CNc2ccccc2)c(F)c1. The summed E-state index contributed by atoms with van der Waals surface area (Å²) in [6.45, 7) is 1.87. The number of nitrogens with one attached hydrogen (secondary N) is 1. The van der Waals surface area contributed by atoms with Crippen molar-refractivity contribution in [3.63, 3.8) is 0 Å². The molecular weight excluding hydrogens is 530 g/mol. The first-order valence-electron chi connectivity index (χ1n) is 12.6. The predicted octanol–water partition coefficient (Wildman–Crippen LogP) is 6.39. The molecule has 1 amide bonds. The second kappa shape index (κ2) is 14.9. The number of para-hydroxylation sites is 2. The van der Waals surface area contributed by atoms with Crippen LogP contribution in [0.15, 0.2) is 97.1 Å². The fourth-order valence-corrected chi connectivity index (χ4v) is 3.77. The monoisotopic (exact) mass is 560 g/mol. The molecule has 0 atom stereocenters. The lowest BCUT2D eigenvalue weighted by Crippen LogP contribution is -2.28. The molecule has 9 heteroatoms. The zero-order chi connectivity index (χ0) is 29.8. The van der Waals surface area contributed by atoms with Gasteiger partial charge in [-0.05, 0) is 48.5 Å². The molecule has 0 aliphatic rings. The summed E-state index contributed by atoms with van der Waals surface area (Å²) in [4.78, 5) is 35.9. The van der Waals surface area contributed by atoms with E-state index in [9.17, 15) is 23.2 Å². The number of benzene rings is 4. The summed E-state index contributed by atoms with van der Waals surface area (Å²) >= 11 is 0. The highest BCUT2D eigenvalue weighted by Crippen LogP contribution is 2.20. The third kappa shape index (κ3) is 8.72. The normalized spacial score (nSPS) is 10.1. The maximum absolute atomic E-state index is 14.1. The van der Waals surface area contributed by atoms with E-state index in [1.165, 1.54) is 44.2 Å². The first kappa shape index (κ1) is 30.5. The standard InChI is InChI=1S/C17H16FNO3.C15H14FNO2/c1-12(20)19(15-6-4-3-5-7-15)11-14-9-8-13(10-16(14)18)17(21)22-2;1-19-15(18)11-7-8-12(14(16)9-11)10-17-13-5-3-2-4-6-13/h3-10H,11H2,1-2H3;2-9,17H,10H2,1H3. The van der Waals surface area contributed by atoms with Gasteiger partial charge < -0.3 is 19.7 Å². The summed E-state index contributed by atoms with van der Waals surface area (Å²) in [6, 6.07) is 26.9. The molecule has 0 aromatic heterocycles. The molecule has 0 saturated carbocycles. The van der Waals surface area contributed by atoms with Crippen molar-refractivity contribution in [1.29, 1.82) is 0 Å². The van der Waals surface area contributed by atoms with Crippen LogP contribution in [0.5, 0.6) is 0 Å². The van der Waals surface area contributed by atoms with Crippen LogP contribution in [-0.2, 0) is 27.4 Å². The molecule has 0 radical (unpaired) electrons. The van der Waals surface area contributed by atoms with E-state index in [0.29, 0.717) is 23.4 Å². The largest absolute Gasteiger partial charge is 0.465 e. The number of rotatable bonds is 8. The highest BCUT2D eigenvalue weighted by Gasteiger charge is 2.16. The van der Waals surface area contributed by atoms with Crippen LogP contribution < -0.4 is 10.2 Å². The van der Waals surface area contributed by atoms with Crippen LogP contribution in [0.2, 0.25) is 0 Å². The Morgan fingerprint density at radius 3 is 1.66 bits per heavy atom. The zero-order valence-corrected chi connectivity index (χ0v) is 22.9. The Bertz CT molecular complexity index is 1480. The van der Waals surface area contributed by atoms with Crippen LogP contribution >= 0.6 is 0 Å². The molecule has 0 heterocycles. The number of amides is 1. The Morgan fingerprint density at radius 2 is 1.20 bits per heavy atom. The number of esters is 2. The second-order valence-corrected chi connectivity index (χ2v) is 8.76. The summed E-state index contributed by atoms with van der Waals surface area (Å²) in [5.41, 5.74) is 2.77. The third-order valence-electron chi connectivity index (χ3n) is 5.98. The maximum atomic E-state index is 14.1. The molecule has 0 spiro atoms. The summed E-state index contributed by atoms with van der Waals surface area (Å²) in [7, 11) is 2.51. The van der Waals surface area contributed by atoms with Crippen molar-refractivity contribution in [1.82, 2.24) is 0 Å². The summed E-state index contributed by atoms with van der Waals surface area (Å²) in [6.07, 6.45) is 0. The number of carbonyl (C=O) groups excluding carboxylic acids is 3. The van der Waals surface area contributed by atoms with Crippen LogP contribution in [0.3, 0.4) is 0 Å². The Kier molecular flexibility index (Phi) is 11.1. The van der Waals surface area contributed by atoms with Crippen molar-refractivity contribution in [3.8, 4) is 0 Å². The van der Waals surface area contributed by atoms with Crippen molar-refractivity contribution in [3.05, 3.63) is 131 Å². The molecule has 4 aromatic rings. The molecule has 0 unspecified atom stereocenters. The predicted molar refractivity (Wildman–Crippen MR) is 153 cm³/mol. The highest BCUT2D eigenvalue weighted by atomic mass is 19.1. The van der Waals surface area contributed by atoms with Crippen LogP contribution in [0, 0.1) is 11.6 Å². The Hall–Kier alpha value is -5.05. The van der Waals surface area contributed by atoms with Gasteiger partial charge in [0, 0.05) is 36.0 Å². The third-order valence-corrected chi connectivity index (χ3v) is 5.98. The van der Waals surface area contributed by atoms with Gasteiger partial charge in [0.05, 0.1) is 31.9 Å². The number of hydrogen-bond acceptors (Lipinski definition) is 6. The molecule has 1 N–H and O–H groups in total. The lowest BCUT2D eigenvalue weighted by molar-refractivity contribution is -0.116. The van der Waals surface area contributed by atoms with Gasteiger partial charge in [-0.1, -0.05) is 48.5 Å². The molecule has 0 aliphatic heterocycles. The van der Waals surface area contributed by atoms with Crippen molar-refractivity contribution >= 4 is 29.2 Å². The number of anilines is 2. The Labute approximate surface area is 237 Å². The summed E-state index contributed by atoms with van der Waals surface area (Å²) in [5, 5.41) is 3.11. The van der Waals surface area contributed by atoms with Crippen molar-refractivity contribution in [2.45, 2.75) is 20.0 Å². The van der Waals surface area contributed by atoms with Gasteiger partial charge in [-0.2, -0.15) is 0 Å². The van der Waals surface area contributed by atoms with Crippen LogP contribution in [0.25, 0.3) is 0 Å². The molecule has 4 rings (SSSR count). The maximum Gasteiger partial charge on any atom is 0.337 e. The molecule has 0 fully saturated rings. The van der Waals surface area contributed by atoms with Gasteiger partial charge in [0.2, 0.25) is 5.91 Å². The number of hydrogen-bond donors (Lipinski definition) is 1. The van der Waals surface area contributed by atoms with E-state index in [1.807, 2.05) is 48.5 Å². The molecule has 41 heavy (non-hydrogen) atoms. The highest BCUT2D eigenvalue weighted by molar-refractivity contribution is 5.92. The summed E-state index contributed by atoms with van der Waals surface area (Å²) < 4.78 is 37.0. The van der Waals surface area contributed by atoms with Gasteiger partial charge in [0.1, 0.15) is 11.6 Å². The summed E-state index contributed by atoms with van der Waals surface area (Å²) in [5.74, 6) is -2.31. The van der Waals surface area contributed by atoms with Crippen molar-refractivity contribution in [2.24, 2.45) is 0 Å². The van der Waals surface area contributed by atoms with E-state index in [-0.39, 0.29) is 23.6 Å². The number of ether oxygens (including phenoxy) is 2. The average molecular weight is 561 g/mol. The van der Waals surface area contributed by atoms with Crippen LogP contribution in [0.1, 0.15) is 38.8 Å². The van der Waals surface area contributed by atoms with Gasteiger partial charge >= 0.3 is 11.9 Å². The first-order valence-corrected chi connectivity index (χ1v) is 12.6. The van der Waals surface area contributed by atoms with Crippen LogP contribution in [-0.4, -0.2) is 32.1 Å². The lowest BCUT2D eigenvalue weighted by atomic mass is 10.1. The van der Waals surface area contributed by atoms with E-state index < -0.39 is 23.6 Å². The fraction of sp³-hybridized carbons (Fsp3) is 0.156. The molecule has 212 valence electrons. The van der Waals surface area contributed by atoms with Gasteiger partial charge in [-0.15, -0.1) is 0 Å². The minimum Gasteiger partial charge on any atom is -0.465 e. The molecule has 0 saturated heterocycles. The van der Waals surface area contributed by atoms with Crippen LogP contribution in [0.4, 0.5) is 20.2 Å². The van der Waals surface area contributed by atoms with Gasteiger partial charge in [-0.25, -0.2) is 18.4 Å². The van der Waals surface area contributed by atoms with E-state index in [4.69, 9.17) is 0 Å². The average Bonchev–Trinajstić information content (AvgIpc) is 3.00. The number of nitrogens with zero attached hydrogens (tertiary/aromatic N) is 1. The van der Waals surface area contributed by atoms with Crippen molar-refractivity contribution in [2.75, 3.05) is 24.4 Å². The second-order valence-electron chi connectivity index (χ2n) is 8.76. The fourth-order valence-electron chi connectivity index (χ4n) is 3.77. The lowest BCUT2D eigenvalue weighted by Gasteiger charge is -2.21.